The Balaban J connectivity index is 1.87. The predicted octanol–water partition coefficient (Wildman–Crippen LogP) is 2.82. The van der Waals surface area contributed by atoms with E-state index in [0.717, 1.165) is 12.8 Å². The van der Waals surface area contributed by atoms with Crippen molar-refractivity contribution in [1.29, 1.82) is 0 Å². The summed E-state index contributed by atoms with van der Waals surface area (Å²) >= 11 is 0. The van der Waals surface area contributed by atoms with Crippen molar-refractivity contribution in [3.8, 4) is 11.5 Å². The van der Waals surface area contributed by atoms with Gasteiger partial charge in [0.25, 0.3) is 5.91 Å². The van der Waals surface area contributed by atoms with Gasteiger partial charge in [-0.15, -0.1) is 0 Å². The van der Waals surface area contributed by atoms with Crippen LogP contribution in [0.25, 0.3) is 0 Å². The predicted molar refractivity (Wildman–Crippen MR) is 95.2 cm³/mol. The molecule has 1 unspecified atom stereocenters. The largest absolute Gasteiger partial charge is 0.497 e. The van der Waals surface area contributed by atoms with E-state index in [1.807, 2.05) is 0 Å². The number of hydrogen-bond acceptors (Lipinski definition) is 6. The quantitative estimate of drug-likeness (QED) is 0.731. The van der Waals surface area contributed by atoms with Gasteiger partial charge < -0.3 is 24.3 Å². The summed E-state index contributed by atoms with van der Waals surface area (Å²) in [6.07, 6.45) is 1.70. The Bertz CT molecular complexity index is 856. The number of carbonyl (C=O) groups excluding carboxylic acids is 1. The highest BCUT2D eigenvalue weighted by atomic mass is 16.5. The number of amides is 1. The summed E-state index contributed by atoms with van der Waals surface area (Å²) in [4.78, 5) is 28.4. The fourth-order valence-electron chi connectivity index (χ4n) is 2.88. The first kappa shape index (κ1) is 18.8. The Morgan fingerprint density at radius 3 is 2.67 bits per heavy atom. The molecule has 144 valence electrons. The van der Waals surface area contributed by atoms with Crippen LogP contribution in [-0.4, -0.2) is 36.2 Å². The number of nitrogens with one attached hydrogen (secondary N) is 1. The summed E-state index contributed by atoms with van der Waals surface area (Å²) in [5, 5.41) is 12.0. The number of carboxylic acids is 1. The number of aryl methyl sites for hydroxylation is 1. The molecule has 1 heterocycles. The van der Waals surface area contributed by atoms with E-state index >= 15 is 0 Å². The fraction of sp³-hybridized carbons (Fsp3) is 0.421. The zero-order valence-electron chi connectivity index (χ0n) is 15.4. The maximum Gasteiger partial charge on any atom is 0.305 e. The van der Waals surface area contributed by atoms with Gasteiger partial charge in [0.2, 0.25) is 5.76 Å². The summed E-state index contributed by atoms with van der Waals surface area (Å²) in [5.41, 5.74) is 1.03. The fourth-order valence-corrected chi connectivity index (χ4v) is 2.88. The summed E-state index contributed by atoms with van der Waals surface area (Å²) < 4.78 is 16.1. The lowest BCUT2D eigenvalue weighted by Crippen LogP contribution is -2.30. The van der Waals surface area contributed by atoms with Gasteiger partial charge in [-0.1, -0.05) is 0 Å². The molecule has 0 bridgehead atoms. The third-order valence-corrected chi connectivity index (χ3v) is 4.45. The van der Waals surface area contributed by atoms with E-state index in [9.17, 15) is 14.7 Å². The molecule has 0 saturated heterocycles. The average Bonchev–Trinajstić information content (AvgIpc) is 3.42. The van der Waals surface area contributed by atoms with Crippen molar-refractivity contribution >= 4 is 11.9 Å². The van der Waals surface area contributed by atoms with Crippen molar-refractivity contribution in [2.45, 2.75) is 38.1 Å². The number of methoxy groups -OCH3 is 2. The van der Waals surface area contributed by atoms with Gasteiger partial charge in [-0.05, 0) is 31.9 Å². The first-order chi connectivity index (χ1) is 12.9. The molecule has 3 rings (SSSR count). The minimum Gasteiger partial charge on any atom is -0.497 e. The third-order valence-electron chi connectivity index (χ3n) is 4.45. The first-order valence-electron chi connectivity index (χ1n) is 8.64. The molecule has 1 aliphatic rings. The van der Waals surface area contributed by atoms with Crippen LogP contribution < -0.4 is 14.8 Å². The first-order valence-corrected chi connectivity index (χ1v) is 8.64. The number of benzene rings is 1. The second-order valence-electron chi connectivity index (χ2n) is 6.47. The molecule has 0 aliphatic heterocycles. The van der Waals surface area contributed by atoms with E-state index in [-0.39, 0.29) is 18.1 Å². The van der Waals surface area contributed by atoms with Crippen LogP contribution in [0.4, 0.5) is 0 Å². The van der Waals surface area contributed by atoms with Crippen LogP contribution in [0.2, 0.25) is 0 Å². The Hall–Kier alpha value is -3.03. The molecule has 8 heteroatoms. The number of carbonyl (C=O) groups is 2. The molecule has 1 aromatic heterocycles. The summed E-state index contributed by atoms with van der Waals surface area (Å²) in [5.74, 6) is 0.392. The number of aromatic nitrogens is 1. The number of carboxylic acid groups (broad SMARTS) is 1. The van der Waals surface area contributed by atoms with Crippen LogP contribution in [0.15, 0.2) is 22.6 Å². The number of nitrogens with zero attached hydrogens (tertiary/aromatic N) is 1. The van der Waals surface area contributed by atoms with E-state index in [0.29, 0.717) is 28.6 Å². The molecule has 1 aromatic carbocycles. The average molecular weight is 374 g/mol. The second-order valence-corrected chi connectivity index (χ2v) is 6.47. The molecule has 2 N–H and O–H groups in total. The highest BCUT2D eigenvalue weighted by molar-refractivity contribution is 5.93. The van der Waals surface area contributed by atoms with Gasteiger partial charge in [0.15, 0.2) is 5.89 Å². The van der Waals surface area contributed by atoms with Crippen molar-refractivity contribution in [2.24, 2.45) is 0 Å². The van der Waals surface area contributed by atoms with Crippen LogP contribution in [0.5, 0.6) is 11.5 Å². The second kappa shape index (κ2) is 7.69. The van der Waals surface area contributed by atoms with Crippen LogP contribution in [0, 0.1) is 6.92 Å². The Kier molecular flexibility index (Phi) is 5.34. The lowest BCUT2D eigenvalue weighted by molar-refractivity contribution is -0.137. The molecule has 8 nitrogen and oxygen atoms in total. The molecule has 1 saturated carbocycles. The molecule has 1 atom stereocenters. The standard InChI is InChI=1S/C19H22N2O6/c1-10-17(27-19(20-10)11-4-5-11)18(24)21-14(9-16(22)23)13-7-6-12(25-2)8-15(13)26-3/h6-8,11,14H,4-5,9H2,1-3H3,(H,21,24)(H,22,23). The maximum absolute atomic E-state index is 12.7. The van der Waals surface area contributed by atoms with Crippen LogP contribution >= 0.6 is 0 Å². The Labute approximate surface area is 156 Å². The normalized spacial score (nSPS) is 14.5. The number of aliphatic carboxylic acids is 1. The molecule has 1 aliphatic carbocycles. The van der Waals surface area contributed by atoms with Crippen molar-refractivity contribution < 1.29 is 28.6 Å². The maximum atomic E-state index is 12.7. The lowest BCUT2D eigenvalue weighted by atomic mass is 10.0. The zero-order valence-corrected chi connectivity index (χ0v) is 15.4. The molecule has 1 amide bonds. The molecule has 27 heavy (non-hydrogen) atoms. The van der Waals surface area contributed by atoms with Gasteiger partial charge in [0.1, 0.15) is 11.5 Å². The minimum absolute atomic E-state index is 0.111. The number of rotatable bonds is 8. The number of oxazole rings is 1. The number of ether oxygens (including phenoxy) is 2. The van der Waals surface area contributed by atoms with Gasteiger partial charge in [-0.2, -0.15) is 0 Å². The smallest absolute Gasteiger partial charge is 0.305 e. The van der Waals surface area contributed by atoms with E-state index in [1.165, 1.54) is 14.2 Å². The molecule has 0 radical (unpaired) electrons. The van der Waals surface area contributed by atoms with Crippen LogP contribution in [0.3, 0.4) is 0 Å². The molecular formula is C19H22N2O6. The summed E-state index contributed by atoms with van der Waals surface area (Å²) in [7, 11) is 3.00. The van der Waals surface area contributed by atoms with Crippen LogP contribution in [-0.2, 0) is 4.79 Å². The van der Waals surface area contributed by atoms with E-state index < -0.39 is 17.9 Å². The van der Waals surface area contributed by atoms with Gasteiger partial charge in [-0.25, -0.2) is 4.98 Å². The highest BCUT2D eigenvalue weighted by Crippen LogP contribution is 2.40. The van der Waals surface area contributed by atoms with Crippen molar-refractivity contribution in [2.75, 3.05) is 14.2 Å². The van der Waals surface area contributed by atoms with Crippen molar-refractivity contribution in [1.82, 2.24) is 10.3 Å². The molecule has 2 aromatic rings. The zero-order chi connectivity index (χ0) is 19.6. The Morgan fingerprint density at radius 1 is 1.33 bits per heavy atom. The van der Waals surface area contributed by atoms with Crippen molar-refractivity contribution in [3.05, 3.63) is 41.1 Å². The molecular weight excluding hydrogens is 352 g/mol. The van der Waals surface area contributed by atoms with E-state index in [1.54, 1.807) is 25.1 Å². The number of hydrogen-bond donors (Lipinski definition) is 2. The monoisotopic (exact) mass is 374 g/mol. The third kappa shape index (κ3) is 4.21. The summed E-state index contributed by atoms with van der Waals surface area (Å²) in [6.45, 7) is 1.70. The highest BCUT2D eigenvalue weighted by Gasteiger charge is 2.32. The van der Waals surface area contributed by atoms with Crippen LogP contribution in [0.1, 0.15) is 58.9 Å². The Morgan fingerprint density at radius 2 is 2.07 bits per heavy atom. The van der Waals surface area contributed by atoms with E-state index in [2.05, 4.69) is 10.3 Å². The minimum atomic E-state index is -1.05. The molecule has 0 spiro atoms. The van der Waals surface area contributed by atoms with E-state index in [4.69, 9.17) is 13.9 Å². The van der Waals surface area contributed by atoms with Gasteiger partial charge in [0, 0.05) is 17.5 Å². The van der Waals surface area contributed by atoms with Crippen molar-refractivity contribution in [3.63, 3.8) is 0 Å². The SMILES string of the molecule is COc1ccc(C(CC(=O)O)NC(=O)c2oc(C3CC3)nc2C)c(OC)c1. The van der Waals surface area contributed by atoms with Gasteiger partial charge in [0.05, 0.1) is 32.4 Å². The molecule has 1 fully saturated rings. The topological polar surface area (TPSA) is 111 Å². The summed E-state index contributed by atoms with van der Waals surface area (Å²) in [6, 6.07) is 4.20. The lowest BCUT2D eigenvalue weighted by Gasteiger charge is -2.20. The van der Waals surface area contributed by atoms with Gasteiger partial charge in [-0.3, -0.25) is 9.59 Å². The van der Waals surface area contributed by atoms with Gasteiger partial charge >= 0.3 is 5.97 Å².